The predicted molar refractivity (Wildman–Crippen MR) is 112 cm³/mol. The number of anilines is 1. The van der Waals surface area contributed by atoms with Gasteiger partial charge in [0.2, 0.25) is 0 Å². The first kappa shape index (κ1) is 19.7. The van der Waals surface area contributed by atoms with Crippen molar-refractivity contribution in [3.05, 3.63) is 88.6 Å². The van der Waals surface area contributed by atoms with Crippen LogP contribution in [0.2, 0.25) is 5.02 Å². The highest BCUT2D eigenvalue weighted by Gasteiger charge is 2.07. The molecule has 1 amide bonds. The van der Waals surface area contributed by atoms with E-state index in [0.717, 1.165) is 24.3 Å². The van der Waals surface area contributed by atoms with Crippen LogP contribution in [0.1, 0.15) is 21.5 Å². The number of pyridine rings is 1. The van der Waals surface area contributed by atoms with Crippen LogP contribution in [0.15, 0.2) is 66.9 Å². The molecule has 0 saturated heterocycles. The molecule has 0 aliphatic rings. The third-order valence-corrected chi connectivity index (χ3v) is 4.52. The van der Waals surface area contributed by atoms with Gasteiger partial charge < -0.3 is 15.4 Å². The molecule has 0 saturated carbocycles. The molecule has 1 aromatic heterocycles. The largest absolute Gasteiger partial charge is 0.497 e. The van der Waals surface area contributed by atoms with Gasteiger partial charge in [-0.1, -0.05) is 35.9 Å². The zero-order chi connectivity index (χ0) is 19.8. The molecular formula is C22H22ClN3O2. The van der Waals surface area contributed by atoms with Crippen molar-refractivity contribution in [2.24, 2.45) is 0 Å². The Morgan fingerprint density at radius 1 is 1.04 bits per heavy atom. The Balaban J connectivity index is 1.50. The molecule has 0 radical (unpaired) electrons. The minimum Gasteiger partial charge on any atom is -0.497 e. The minimum absolute atomic E-state index is 0.143. The molecule has 3 aromatic rings. The number of rotatable bonds is 8. The first-order valence-electron chi connectivity index (χ1n) is 8.99. The zero-order valence-corrected chi connectivity index (χ0v) is 16.4. The van der Waals surface area contributed by atoms with Crippen molar-refractivity contribution in [3.8, 4) is 5.75 Å². The number of ether oxygens (including phenoxy) is 1. The third kappa shape index (κ3) is 5.72. The van der Waals surface area contributed by atoms with E-state index in [2.05, 4.69) is 15.6 Å². The number of nitrogens with zero attached hydrogens (tertiary/aromatic N) is 1. The fourth-order valence-corrected chi connectivity index (χ4v) is 2.81. The summed E-state index contributed by atoms with van der Waals surface area (Å²) >= 11 is 5.88. The number of methoxy groups -OCH3 is 1. The fraction of sp³-hybridized carbons (Fsp3) is 0.182. The molecule has 0 spiro atoms. The zero-order valence-electron chi connectivity index (χ0n) is 15.6. The van der Waals surface area contributed by atoms with E-state index in [9.17, 15) is 4.79 Å². The van der Waals surface area contributed by atoms with Crippen LogP contribution >= 0.6 is 11.6 Å². The van der Waals surface area contributed by atoms with Crippen LogP contribution in [0.4, 0.5) is 5.82 Å². The fourth-order valence-electron chi connectivity index (χ4n) is 2.68. The molecule has 3 rings (SSSR count). The molecule has 144 valence electrons. The normalized spacial score (nSPS) is 10.4. The first-order valence-corrected chi connectivity index (χ1v) is 9.37. The summed E-state index contributed by atoms with van der Waals surface area (Å²) in [5.41, 5.74) is 2.76. The number of carbonyl (C=O) groups is 1. The van der Waals surface area contributed by atoms with Crippen molar-refractivity contribution in [2.45, 2.75) is 13.0 Å². The molecule has 0 fully saturated rings. The number of aromatic nitrogens is 1. The van der Waals surface area contributed by atoms with Crippen molar-refractivity contribution < 1.29 is 9.53 Å². The van der Waals surface area contributed by atoms with Gasteiger partial charge in [-0.05, 0) is 53.9 Å². The summed E-state index contributed by atoms with van der Waals surface area (Å²) in [5.74, 6) is 1.37. The lowest BCUT2D eigenvalue weighted by atomic mass is 10.1. The van der Waals surface area contributed by atoms with Crippen LogP contribution in [0, 0.1) is 0 Å². The molecule has 0 aliphatic heterocycles. The lowest BCUT2D eigenvalue weighted by Gasteiger charge is -2.09. The summed E-state index contributed by atoms with van der Waals surface area (Å²) < 4.78 is 5.16. The Kier molecular flexibility index (Phi) is 6.87. The number of hydrogen-bond donors (Lipinski definition) is 2. The highest BCUT2D eigenvalue weighted by molar-refractivity contribution is 6.30. The van der Waals surface area contributed by atoms with Crippen LogP contribution in [-0.4, -0.2) is 24.5 Å². The van der Waals surface area contributed by atoms with E-state index in [1.165, 1.54) is 5.56 Å². The summed E-state index contributed by atoms with van der Waals surface area (Å²) in [5, 5.41) is 6.84. The number of hydrogen-bond acceptors (Lipinski definition) is 4. The SMILES string of the molecule is COc1ccc(CCNc2cc(C(=O)NCc3ccc(Cl)cc3)ccn2)cc1. The average molecular weight is 396 g/mol. The van der Waals surface area contributed by atoms with Gasteiger partial charge in [-0.3, -0.25) is 4.79 Å². The van der Waals surface area contributed by atoms with Crippen LogP contribution < -0.4 is 15.4 Å². The molecule has 2 N–H and O–H groups in total. The first-order chi connectivity index (χ1) is 13.6. The topological polar surface area (TPSA) is 63.2 Å². The van der Waals surface area contributed by atoms with Crippen LogP contribution in [-0.2, 0) is 13.0 Å². The van der Waals surface area contributed by atoms with E-state index in [1.807, 2.05) is 36.4 Å². The van der Waals surface area contributed by atoms with Gasteiger partial charge in [0.25, 0.3) is 5.91 Å². The molecule has 28 heavy (non-hydrogen) atoms. The van der Waals surface area contributed by atoms with Crippen molar-refractivity contribution >= 4 is 23.3 Å². The summed E-state index contributed by atoms with van der Waals surface area (Å²) in [4.78, 5) is 16.7. The van der Waals surface area contributed by atoms with E-state index in [-0.39, 0.29) is 5.91 Å². The van der Waals surface area contributed by atoms with Crippen molar-refractivity contribution in [3.63, 3.8) is 0 Å². The summed E-state index contributed by atoms with van der Waals surface area (Å²) in [7, 11) is 1.65. The minimum atomic E-state index is -0.143. The Morgan fingerprint density at radius 3 is 2.46 bits per heavy atom. The van der Waals surface area contributed by atoms with E-state index in [0.29, 0.717) is 22.9 Å². The quantitative estimate of drug-likeness (QED) is 0.596. The Morgan fingerprint density at radius 2 is 1.75 bits per heavy atom. The second-order valence-electron chi connectivity index (χ2n) is 6.26. The maximum Gasteiger partial charge on any atom is 0.251 e. The Labute approximate surface area is 169 Å². The van der Waals surface area contributed by atoms with Crippen LogP contribution in [0.25, 0.3) is 0 Å². The van der Waals surface area contributed by atoms with Crippen molar-refractivity contribution in [2.75, 3.05) is 19.0 Å². The van der Waals surface area contributed by atoms with Gasteiger partial charge in [-0.15, -0.1) is 0 Å². The average Bonchev–Trinajstić information content (AvgIpc) is 2.74. The van der Waals surface area contributed by atoms with Gasteiger partial charge >= 0.3 is 0 Å². The van der Waals surface area contributed by atoms with Gasteiger partial charge in [-0.25, -0.2) is 4.98 Å². The molecule has 2 aromatic carbocycles. The highest BCUT2D eigenvalue weighted by atomic mass is 35.5. The van der Waals surface area contributed by atoms with Crippen LogP contribution in [0.3, 0.4) is 0 Å². The molecule has 1 heterocycles. The Bertz CT molecular complexity index is 912. The number of benzene rings is 2. The number of halogens is 1. The summed E-state index contributed by atoms with van der Waals surface area (Å²) in [6.45, 7) is 1.16. The van der Waals surface area contributed by atoms with E-state index < -0.39 is 0 Å². The lowest BCUT2D eigenvalue weighted by Crippen LogP contribution is -2.23. The van der Waals surface area contributed by atoms with Crippen molar-refractivity contribution in [1.82, 2.24) is 10.3 Å². The molecule has 5 nitrogen and oxygen atoms in total. The monoisotopic (exact) mass is 395 g/mol. The van der Waals surface area contributed by atoms with Gasteiger partial charge in [0.15, 0.2) is 0 Å². The van der Waals surface area contributed by atoms with Gasteiger partial charge in [0.1, 0.15) is 11.6 Å². The van der Waals surface area contributed by atoms with Gasteiger partial charge in [0, 0.05) is 29.9 Å². The standard InChI is InChI=1S/C22H22ClN3O2/c1-28-20-8-4-16(5-9-20)10-12-24-21-14-18(11-13-25-21)22(27)26-15-17-2-6-19(23)7-3-17/h2-9,11,13-14H,10,12,15H2,1H3,(H,24,25)(H,26,27). The van der Waals surface area contributed by atoms with E-state index in [4.69, 9.17) is 16.3 Å². The second kappa shape index (κ2) is 9.76. The van der Waals surface area contributed by atoms with E-state index >= 15 is 0 Å². The summed E-state index contributed by atoms with van der Waals surface area (Å²) in [6, 6.07) is 18.8. The predicted octanol–water partition coefficient (Wildman–Crippen LogP) is 4.33. The number of amides is 1. The molecular weight excluding hydrogens is 374 g/mol. The summed E-state index contributed by atoms with van der Waals surface area (Å²) in [6.07, 6.45) is 2.48. The second-order valence-corrected chi connectivity index (χ2v) is 6.70. The van der Waals surface area contributed by atoms with E-state index in [1.54, 1.807) is 37.6 Å². The Hall–Kier alpha value is -3.05. The smallest absolute Gasteiger partial charge is 0.251 e. The maximum atomic E-state index is 12.4. The molecule has 6 heteroatoms. The highest BCUT2D eigenvalue weighted by Crippen LogP contribution is 2.13. The number of carbonyl (C=O) groups excluding carboxylic acids is 1. The molecule has 0 atom stereocenters. The van der Waals surface area contributed by atoms with Gasteiger partial charge in [-0.2, -0.15) is 0 Å². The third-order valence-electron chi connectivity index (χ3n) is 4.27. The molecule has 0 aliphatic carbocycles. The molecule has 0 unspecified atom stereocenters. The lowest BCUT2D eigenvalue weighted by molar-refractivity contribution is 0.0951. The van der Waals surface area contributed by atoms with Gasteiger partial charge in [0.05, 0.1) is 7.11 Å². The number of nitrogens with one attached hydrogen (secondary N) is 2. The molecule has 0 bridgehead atoms. The maximum absolute atomic E-state index is 12.4. The van der Waals surface area contributed by atoms with Crippen LogP contribution in [0.5, 0.6) is 5.75 Å². The van der Waals surface area contributed by atoms with Crippen molar-refractivity contribution in [1.29, 1.82) is 0 Å².